The predicted molar refractivity (Wildman–Crippen MR) is 143 cm³/mol. The molecule has 1 aromatic heterocycles. The number of carbonyl (C=O) groups excluding carboxylic acids is 2. The van der Waals surface area contributed by atoms with Crippen molar-refractivity contribution in [3.05, 3.63) is 108 Å². The summed E-state index contributed by atoms with van der Waals surface area (Å²) < 4.78 is 5.64. The van der Waals surface area contributed by atoms with Crippen LogP contribution in [0.2, 0.25) is 0 Å². The van der Waals surface area contributed by atoms with Crippen LogP contribution in [0.5, 0.6) is 0 Å². The first-order chi connectivity index (χ1) is 17.0. The van der Waals surface area contributed by atoms with E-state index in [0.29, 0.717) is 22.5 Å². The average Bonchev–Trinajstić information content (AvgIpc) is 3.30. The number of thiocarbonyl (C=S) groups is 1. The molecule has 0 aliphatic heterocycles. The second-order valence-corrected chi connectivity index (χ2v) is 8.48. The molecule has 0 radical (unpaired) electrons. The predicted octanol–water partition coefficient (Wildman–Crippen LogP) is 6.27. The summed E-state index contributed by atoms with van der Waals surface area (Å²) in [4.78, 5) is 25.5. The zero-order chi connectivity index (χ0) is 24.4. The maximum Gasteiger partial charge on any atom is 0.291 e. The SMILES string of the molecule is Cc1cc(NC(=S)NC(=O)c2cccc3ccccc23)ccc1NC(=O)c1cc2ccccc2o1. The fourth-order valence-electron chi connectivity index (χ4n) is 3.92. The molecule has 3 N–H and O–H groups in total. The van der Waals surface area contributed by atoms with Crippen molar-refractivity contribution in [3.63, 3.8) is 0 Å². The van der Waals surface area contributed by atoms with Gasteiger partial charge in [0.1, 0.15) is 5.58 Å². The Bertz CT molecular complexity index is 1570. The van der Waals surface area contributed by atoms with Gasteiger partial charge in [-0.3, -0.25) is 14.9 Å². The monoisotopic (exact) mass is 479 g/mol. The smallest absolute Gasteiger partial charge is 0.291 e. The van der Waals surface area contributed by atoms with Gasteiger partial charge in [-0.15, -0.1) is 0 Å². The van der Waals surface area contributed by atoms with Crippen molar-refractivity contribution in [2.45, 2.75) is 6.92 Å². The first-order valence-electron chi connectivity index (χ1n) is 11.0. The Kier molecular flexibility index (Phi) is 5.99. The number of carbonyl (C=O) groups is 2. The molecule has 0 bridgehead atoms. The molecule has 0 aliphatic carbocycles. The van der Waals surface area contributed by atoms with Gasteiger partial charge >= 0.3 is 0 Å². The van der Waals surface area contributed by atoms with Crippen LogP contribution in [-0.4, -0.2) is 16.9 Å². The maximum absolute atomic E-state index is 12.8. The highest BCUT2D eigenvalue weighted by atomic mass is 32.1. The van der Waals surface area contributed by atoms with Gasteiger partial charge < -0.3 is 15.1 Å². The number of fused-ring (bicyclic) bond motifs is 2. The van der Waals surface area contributed by atoms with E-state index in [4.69, 9.17) is 16.6 Å². The van der Waals surface area contributed by atoms with Gasteiger partial charge in [0.25, 0.3) is 11.8 Å². The molecule has 0 saturated carbocycles. The first-order valence-corrected chi connectivity index (χ1v) is 11.4. The van der Waals surface area contributed by atoms with E-state index in [0.717, 1.165) is 21.7 Å². The van der Waals surface area contributed by atoms with E-state index in [-0.39, 0.29) is 22.7 Å². The van der Waals surface area contributed by atoms with Crippen LogP contribution >= 0.6 is 12.2 Å². The molecule has 2 amide bonds. The molecule has 6 nitrogen and oxygen atoms in total. The molecule has 1 heterocycles. The largest absolute Gasteiger partial charge is 0.451 e. The zero-order valence-electron chi connectivity index (χ0n) is 18.8. The van der Waals surface area contributed by atoms with Crippen molar-refractivity contribution in [1.82, 2.24) is 5.32 Å². The third-order valence-corrected chi connectivity index (χ3v) is 5.85. The van der Waals surface area contributed by atoms with E-state index in [1.54, 1.807) is 24.3 Å². The Hall–Kier alpha value is -4.49. The van der Waals surface area contributed by atoms with Crippen LogP contribution in [0.3, 0.4) is 0 Å². The summed E-state index contributed by atoms with van der Waals surface area (Å²) in [5, 5.41) is 11.5. The minimum Gasteiger partial charge on any atom is -0.451 e. The van der Waals surface area contributed by atoms with E-state index < -0.39 is 0 Å². The highest BCUT2D eigenvalue weighted by Gasteiger charge is 2.15. The van der Waals surface area contributed by atoms with Crippen LogP contribution in [-0.2, 0) is 0 Å². The molecule has 0 saturated heterocycles. The van der Waals surface area contributed by atoms with Crippen molar-refractivity contribution in [2.75, 3.05) is 10.6 Å². The number of aryl methyl sites for hydroxylation is 1. The summed E-state index contributed by atoms with van der Waals surface area (Å²) in [6, 6.07) is 27.8. The second-order valence-electron chi connectivity index (χ2n) is 8.07. The fourth-order valence-corrected chi connectivity index (χ4v) is 4.13. The van der Waals surface area contributed by atoms with Gasteiger partial charge in [-0.25, -0.2) is 0 Å². The van der Waals surface area contributed by atoms with Crippen molar-refractivity contribution < 1.29 is 14.0 Å². The standard InChI is InChI=1S/C28H21N3O3S/c1-17-15-20(13-14-23(17)30-27(33)25-16-19-8-3-5-12-24(19)34-25)29-28(35)31-26(32)22-11-6-9-18-7-2-4-10-21(18)22/h2-16H,1H3,(H,30,33)(H2,29,31,32,35). The molecule has 172 valence electrons. The number of amides is 2. The van der Waals surface area contributed by atoms with Crippen molar-refractivity contribution >= 4 is 62.3 Å². The van der Waals surface area contributed by atoms with Crippen LogP contribution in [0, 0.1) is 6.92 Å². The summed E-state index contributed by atoms with van der Waals surface area (Å²) in [6.07, 6.45) is 0. The summed E-state index contributed by atoms with van der Waals surface area (Å²) in [5.41, 5.74) is 3.36. The first kappa shape index (κ1) is 22.3. The Morgan fingerprint density at radius 1 is 0.771 bits per heavy atom. The quantitative estimate of drug-likeness (QED) is 0.265. The number of furan rings is 1. The molecule has 7 heteroatoms. The molecule has 0 unspecified atom stereocenters. The normalized spacial score (nSPS) is 10.8. The van der Waals surface area contributed by atoms with E-state index in [2.05, 4.69) is 16.0 Å². The Labute approximate surface area is 206 Å². The van der Waals surface area contributed by atoms with Crippen molar-refractivity contribution in [2.24, 2.45) is 0 Å². The molecule has 0 spiro atoms. The molecule has 0 fully saturated rings. The summed E-state index contributed by atoms with van der Waals surface area (Å²) in [6.45, 7) is 1.87. The lowest BCUT2D eigenvalue weighted by Gasteiger charge is -2.13. The fraction of sp³-hybridized carbons (Fsp3) is 0.0357. The number of hydrogen-bond acceptors (Lipinski definition) is 4. The van der Waals surface area contributed by atoms with Gasteiger partial charge in [0.05, 0.1) is 0 Å². The van der Waals surface area contributed by atoms with Gasteiger partial charge in [0, 0.05) is 22.3 Å². The van der Waals surface area contributed by atoms with E-state index in [9.17, 15) is 9.59 Å². The molecule has 5 aromatic rings. The van der Waals surface area contributed by atoms with E-state index in [1.807, 2.05) is 73.7 Å². The second kappa shape index (κ2) is 9.40. The number of para-hydroxylation sites is 1. The van der Waals surface area contributed by atoms with Crippen LogP contribution in [0.4, 0.5) is 11.4 Å². The van der Waals surface area contributed by atoms with Crippen LogP contribution in [0.15, 0.2) is 95.4 Å². The lowest BCUT2D eigenvalue weighted by Crippen LogP contribution is -2.34. The average molecular weight is 480 g/mol. The van der Waals surface area contributed by atoms with Gasteiger partial charge in [-0.05, 0) is 71.9 Å². The molecule has 0 atom stereocenters. The Balaban J connectivity index is 1.24. The number of hydrogen-bond donors (Lipinski definition) is 3. The Morgan fingerprint density at radius 3 is 2.31 bits per heavy atom. The lowest BCUT2D eigenvalue weighted by molar-refractivity contribution is 0.0976. The zero-order valence-corrected chi connectivity index (χ0v) is 19.6. The maximum atomic E-state index is 12.8. The van der Waals surface area contributed by atoms with Crippen molar-refractivity contribution in [3.8, 4) is 0 Å². The van der Waals surface area contributed by atoms with Gasteiger partial charge in [0.2, 0.25) is 0 Å². The molecular weight excluding hydrogens is 458 g/mol. The number of anilines is 2. The third-order valence-electron chi connectivity index (χ3n) is 5.64. The third kappa shape index (κ3) is 4.76. The van der Waals surface area contributed by atoms with Gasteiger partial charge in [0.15, 0.2) is 10.9 Å². The molecular formula is C28H21N3O3S. The van der Waals surface area contributed by atoms with Crippen molar-refractivity contribution in [1.29, 1.82) is 0 Å². The van der Waals surface area contributed by atoms with Crippen LogP contribution < -0.4 is 16.0 Å². The number of rotatable bonds is 4. The van der Waals surface area contributed by atoms with Gasteiger partial charge in [-0.2, -0.15) is 0 Å². The minimum absolute atomic E-state index is 0.182. The van der Waals surface area contributed by atoms with E-state index >= 15 is 0 Å². The highest BCUT2D eigenvalue weighted by molar-refractivity contribution is 7.80. The molecule has 35 heavy (non-hydrogen) atoms. The molecule has 5 rings (SSSR count). The van der Waals surface area contributed by atoms with Gasteiger partial charge in [-0.1, -0.05) is 54.6 Å². The van der Waals surface area contributed by atoms with E-state index in [1.165, 1.54) is 0 Å². The summed E-state index contributed by atoms with van der Waals surface area (Å²) in [5.74, 6) is -0.376. The summed E-state index contributed by atoms with van der Waals surface area (Å²) in [7, 11) is 0. The van der Waals surface area contributed by atoms with Crippen LogP contribution in [0.25, 0.3) is 21.7 Å². The lowest BCUT2D eigenvalue weighted by atomic mass is 10.0. The Morgan fingerprint density at radius 2 is 1.51 bits per heavy atom. The summed E-state index contributed by atoms with van der Waals surface area (Å²) >= 11 is 5.35. The highest BCUT2D eigenvalue weighted by Crippen LogP contribution is 2.23. The van der Waals surface area contributed by atoms with Crippen LogP contribution in [0.1, 0.15) is 26.5 Å². The number of benzene rings is 4. The molecule has 4 aromatic carbocycles. The molecule has 0 aliphatic rings. The topological polar surface area (TPSA) is 83.4 Å². The minimum atomic E-state index is -0.331. The number of nitrogens with one attached hydrogen (secondary N) is 3.